The molecule has 0 saturated carbocycles. The van der Waals surface area contributed by atoms with Gasteiger partial charge in [-0.2, -0.15) is 5.06 Å². The molecule has 0 N–H and O–H groups in total. The summed E-state index contributed by atoms with van der Waals surface area (Å²) in [5.74, 6) is 0.823. The van der Waals surface area contributed by atoms with E-state index in [0.29, 0.717) is 25.3 Å². The molecule has 2 aromatic rings. The molecule has 6 nitrogen and oxygen atoms in total. The fourth-order valence-electron chi connectivity index (χ4n) is 5.55. The Morgan fingerprint density at radius 2 is 1.62 bits per heavy atom. The number of piperidine rings is 1. The maximum atomic E-state index is 14.1. The molecule has 1 fully saturated rings. The van der Waals surface area contributed by atoms with Crippen LogP contribution in [0.3, 0.4) is 0 Å². The molecular formula is C28H36N2O4. The molecule has 1 saturated heterocycles. The number of nitrogens with zero attached hydrogens (tertiary/aromatic N) is 2. The van der Waals surface area contributed by atoms with Crippen molar-refractivity contribution in [1.29, 1.82) is 0 Å². The molecule has 6 heteroatoms. The minimum atomic E-state index is -0.515. The van der Waals surface area contributed by atoms with E-state index in [1.165, 1.54) is 5.56 Å². The van der Waals surface area contributed by atoms with Gasteiger partial charge in [-0.1, -0.05) is 48.0 Å². The maximum absolute atomic E-state index is 14.1. The van der Waals surface area contributed by atoms with Gasteiger partial charge >= 0.3 is 0 Å². The summed E-state index contributed by atoms with van der Waals surface area (Å²) in [5.41, 5.74) is 5.65. The molecule has 0 atom stereocenters. The summed E-state index contributed by atoms with van der Waals surface area (Å²) in [7, 11) is 3.38. The van der Waals surface area contributed by atoms with Crippen LogP contribution in [0.15, 0.2) is 48.2 Å². The monoisotopic (exact) mass is 464 g/mol. The van der Waals surface area contributed by atoms with Crippen LogP contribution in [0.1, 0.15) is 40.7 Å². The van der Waals surface area contributed by atoms with E-state index in [1.807, 2.05) is 28.2 Å². The van der Waals surface area contributed by atoms with Crippen molar-refractivity contribution in [2.24, 2.45) is 0 Å². The number of hydrogen-bond donors (Lipinski definition) is 0. The molecule has 2 aromatic carbocycles. The number of carbonyl (C=O) groups excluding carboxylic acids is 1. The Morgan fingerprint density at radius 3 is 2.21 bits per heavy atom. The molecule has 1 spiro atoms. The number of ether oxygens (including phenoxy) is 2. The number of carbonyl (C=O) groups is 1. The van der Waals surface area contributed by atoms with Crippen molar-refractivity contribution < 1.29 is 19.1 Å². The molecule has 2 aliphatic heterocycles. The van der Waals surface area contributed by atoms with Crippen LogP contribution in [0.2, 0.25) is 0 Å². The van der Waals surface area contributed by atoms with Crippen molar-refractivity contribution in [3.63, 3.8) is 0 Å². The second kappa shape index (κ2) is 10.3. The molecule has 0 radical (unpaired) electrons. The molecule has 0 bridgehead atoms. The van der Waals surface area contributed by atoms with Crippen molar-refractivity contribution in [3.8, 4) is 0 Å². The third-order valence-corrected chi connectivity index (χ3v) is 7.11. The third-order valence-electron chi connectivity index (χ3n) is 7.11. The zero-order valence-corrected chi connectivity index (χ0v) is 21.0. The lowest BCUT2D eigenvalue weighted by Gasteiger charge is -2.45. The number of methoxy groups -OCH3 is 1. The Balaban J connectivity index is 1.85. The first-order valence-corrected chi connectivity index (χ1v) is 12.0. The summed E-state index contributed by atoms with van der Waals surface area (Å²) in [4.78, 5) is 21.6. The minimum absolute atomic E-state index is 0.0287. The lowest BCUT2D eigenvalue weighted by Crippen LogP contribution is -2.56. The van der Waals surface area contributed by atoms with E-state index < -0.39 is 5.54 Å². The fraction of sp³-hybridized carbons (Fsp3) is 0.464. The molecule has 2 heterocycles. The maximum Gasteiger partial charge on any atom is 0.258 e. The summed E-state index contributed by atoms with van der Waals surface area (Å²) >= 11 is 0. The van der Waals surface area contributed by atoms with Crippen LogP contribution in [0.25, 0.3) is 5.57 Å². The van der Waals surface area contributed by atoms with Gasteiger partial charge in [0.05, 0.1) is 19.3 Å². The molecular weight excluding hydrogens is 428 g/mol. The number of amides is 1. The van der Waals surface area contributed by atoms with Gasteiger partial charge in [0.2, 0.25) is 0 Å². The van der Waals surface area contributed by atoms with E-state index in [-0.39, 0.29) is 5.91 Å². The van der Waals surface area contributed by atoms with Crippen LogP contribution >= 0.6 is 0 Å². The van der Waals surface area contributed by atoms with Crippen LogP contribution in [0, 0.1) is 20.8 Å². The molecule has 182 valence electrons. The van der Waals surface area contributed by atoms with E-state index in [1.54, 1.807) is 14.2 Å². The summed E-state index contributed by atoms with van der Waals surface area (Å²) in [6.07, 6.45) is 1.49. The van der Waals surface area contributed by atoms with Gasteiger partial charge < -0.3 is 19.2 Å². The topological polar surface area (TPSA) is 51.2 Å². The van der Waals surface area contributed by atoms with Gasteiger partial charge in [0, 0.05) is 26.7 Å². The van der Waals surface area contributed by atoms with Crippen LogP contribution < -0.4 is 0 Å². The molecule has 34 heavy (non-hydrogen) atoms. The van der Waals surface area contributed by atoms with Crippen LogP contribution in [0.4, 0.5) is 0 Å². The third kappa shape index (κ3) is 4.50. The highest BCUT2D eigenvalue weighted by molar-refractivity contribution is 6.24. The SMILES string of the molecule is COCCN1C(=O)C(c2c(C)cc(C)cc2C)=C(OCc2ccccc2)C12CCN(OC)CC2. The highest BCUT2D eigenvalue weighted by Crippen LogP contribution is 2.48. The smallest absolute Gasteiger partial charge is 0.258 e. The molecule has 0 unspecified atom stereocenters. The molecule has 0 aromatic heterocycles. The van der Waals surface area contributed by atoms with Gasteiger partial charge in [0.1, 0.15) is 17.9 Å². The van der Waals surface area contributed by atoms with Gasteiger partial charge in [-0.3, -0.25) is 4.79 Å². The summed E-state index contributed by atoms with van der Waals surface area (Å²) in [6, 6.07) is 14.4. The first-order valence-electron chi connectivity index (χ1n) is 12.0. The number of aryl methyl sites for hydroxylation is 3. The Labute approximate surface area is 203 Å². The Hall–Kier alpha value is -2.67. The average molecular weight is 465 g/mol. The van der Waals surface area contributed by atoms with E-state index in [4.69, 9.17) is 14.3 Å². The Bertz CT molecular complexity index is 1030. The first kappa shape index (κ1) is 24.5. The van der Waals surface area contributed by atoms with Crippen LogP contribution in [-0.4, -0.2) is 61.9 Å². The minimum Gasteiger partial charge on any atom is -0.490 e. The highest BCUT2D eigenvalue weighted by atomic mass is 16.7. The molecule has 0 aliphatic carbocycles. The van der Waals surface area contributed by atoms with Gasteiger partial charge in [-0.05, 0) is 55.9 Å². The Morgan fingerprint density at radius 1 is 0.971 bits per heavy atom. The first-order chi connectivity index (χ1) is 16.4. The standard InChI is InChI=1S/C28H36N2O4/c1-20-17-21(2)24(22(3)18-20)25-26(34-19-23-9-7-6-8-10-23)28(11-13-29(33-5)14-12-28)30(27(25)31)15-16-32-4/h6-10,17-18H,11-16,19H2,1-5H3. The average Bonchev–Trinajstić information content (AvgIpc) is 3.04. The Kier molecular flexibility index (Phi) is 7.41. The summed E-state index contributed by atoms with van der Waals surface area (Å²) in [5, 5.41) is 1.96. The van der Waals surface area contributed by atoms with Crippen molar-refractivity contribution >= 4 is 11.5 Å². The molecule has 4 rings (SSSR count). The van der Waals surface area contributed by atoms with Gasteiger partial charge in [-0.25, -0.2) is 0 Å². The van der Waals surface area contributed by atoms with Gasteiger partial charge in [-0.15, -0.1) is 0 Å². The molecule has 2 aliphatic rings. The van der Waals surface area contributed by atoms with E-state index >= 15 is 0 Å². The normalized spacial score (nSPS) is 18.3. The number of hydroxylamine groups is 2. The van der Waals surface area contributed by atoms with E-state index in [9.17, 15) is 4.79 Å². The zero-order chi connectivity index (χ0) is 24.3. The van der Waals surface area contributed by atoms with Crippen molar-refractivity contribution in [2.45, 2.75) is 45.8 Å². The second-order valence-corrected chi connectivity index (χ2v) is 9.34. The van der Waals surface area contributed by atoms with E-state index in [2.05, 4.69) is 45.0 Å². The quantitative estimate of drug-likeness (QED) is 0.579. The summed E-state index contributed by atoms with van der Waals surface area (Å²) in [6.45, 7) is 9.14. The number of hydrogen-bond acceptors (Lipinski definition) is 5. The summed E-state index contributed by atoms with van der Waals surface area (Å²) < 4.78 is 12.1. The highest BCUT2D eigenvalue weighted by Gasteiger charge is 2.54. The second-order valence-electron chi connectivity index (χ2n) is 9.34. The van der Waals surface area contributed by atoms with Gasteiger partial charge in [0.25, 0.3) is 5.91 Å². The van der Waals surface area contributed by atoms with Crippen molar-refractivity contribution in [3.05, 3.63) is 76.0 Å². The van der Waals surface area contributed by atoms with Crippen molar-refractivity contribution in [2.75, 3.05) is 40.5 Å². The lowest BCUT2D eigenvalue weighted by molar-refractivity contribution is -0.165. The predicted octanol–water partition coefficient (Wildman–Crippen LogP) is 4.42. The predicted molar refractivity (Wildman–Crippen MR) is 133 cm³/mol. The lowest BCUT2D eigenvalue weighted by atomic mass is 9.84. The van der Waals surface area contributed by atoms with Crippen LogP contribution in [0.5, 0.6) is 0 Å². The van der Waals surface area contributed by atoms with E-state index in [0.717, 1.165) is 53.9 Å². The van der Waals surface area contributed by atoms with Gasteiger partial charge in [0.15, 0.2) is 0 Å². The molecule has 1 amide bonds. The van der Waals surface area contributed by atoms with Crippen LogP contribution in [-0.2, 0) is 25.7 Å². The number of rotatable bonds is 8. The zero-order valence-electron chi connectivity index (χ0n) is 21.0. The largest absolute Gasteiger partial charge is 0.490 e. The van der Waals surface area contributed by atoms with Crippen molar-refractivity contribution in [1.82, 2.24) is 9.96 Å². The number of benzene rings is 2. The fourth-order valence-corrected chi connectivity index (χ4v) is 5.55.